The van der Waals surface area contributed by atoms with Crippen molar-refractivity contribution in [2.24, 2.45) is 0 Å². The Kier molecular flexibility index (Phi) is 5.23. The molecule has 3 aromatic rings. The molecule has 7 nitrogen and oxygen atoms in total. The number of carbonyl (C=O) groups is 2. The second kappa shape index (κ2) is 7.93. The fourth-order valence-electron chi connectivity index (χ4n) is 2.39. The summed E-state index contributed by atoms with van der Waals surface area (Å²) in [7, 11) is 0. The molecule has 1 heterocycles. The standard InChI is InChI=1S/C21H14N2O5/c22-12-15(20(25)23-16-5-7-17(24)8-6-16)11-18-9-10-19(28-18)13-1-3-14(4-2-13)21(26)27/h1-11,24H,(H,23,25)(H,26,27)/p-1/b15-11+. The fourth-order valence-corrected chi connectivity index (χ4v) is 2.39. The second-order valence-corrected chi connectivity index (χ2v) is 5.73. The summed E-state index contributed by atoms with van der Waals surface area (Å²) in [6, 6.07) is 16.7. The molecule has 0 aliphatic heterocycles. The molecule has 2 N–H and O–H groups in total. The topological polar surface area (TPSA) is 126 Å². The van der Waals surface area contributed by atoms with Crippen LogP contribution >= 0.6 is 0 Å². The predicted octanol–water partition coefficient (Wildman–Crippen LogP) is 3.26. The van der Waals surface area contributed by atoms with Crippen LogP contribution in [0.1, 0.15) is 16.1 Å². The van der Waals surface area contributed by atoms with E-state index in [-0.39, 0.29) is 16.9 Å². The van der Waals surface area contributed by atoms with E-state index < -0.39 is 11.9 Å². The average Bonchev–Trinajstić information content (AvgIpc) is 3.16. The maximum Gasteiger partial charge on any atom is 0.335 e. The third-order valence-electron chi connectivity index (χ3n) is 3.81. The first kappa shape index (κ1) is 18.5. The number of aromatic carboxylic acids is 1. The Bertz CT molecular complexity index is 1090. The van der Waals surface area contributed by atoms with Gasteiger partial charge in [-0.15, -0.1) is 5.75 Å². The number of rotatable bonds is 5. The number of nitrogens with zero attached hydrogens (tertiary/aromatic N) is 1. The fraction of sp³-hybridized carbons (Fsp3) is 0. The van der Waals surface area contributed by atoms with Crippen LogP contribution in [-0.2, 0) is 4.79 Å². The molecule has 0 atom stereocenters. The van der Waals surface area contributed by atoms with Gasteiger partial charge in [-0.05, 0) is 36.4 Å². The minimum atomic E-state index is -1.02. The van der Waals surface area contributed by atoms with Crippen LogP contribution in [0, 0.1) is 11.3 Å². The molecule has 0 aliphatic carbocycles. The van der Waals surface area contributed by atoms with Gasteiger partial charge in [-0.3, -0.25) is 4.79 Å². The average molecular weight is 373 g/mol. The number of nitrogens with one attached hydrogen (secondary N) is 1. The Morgan fingerprint density at radius 3 is 2.32 bits per heavy atom. The molecule has 0 aliphatic rings. The van der Waals surface area contributed by atoms with E-state index in [1.807, 2.05) is 6.07 Å². The lowest BCUT2D eigenvalue weighted by Gasteiger charge is -2.07. The maximum absolute atomic E-state index is 12.2. The molecule has 3 rings (SSSR count). The number of furan rings is 1. The summed E-state index contributed by atoms with van der Waals surface area (Å²) in [4.78, 5) is 23.1. The van der Waals surface area contributed by atoms with Gasteiger partial charge >= 0.3 is 5.97 Å². The van der Waals surface area contributed by atoms with Gasteiger partial charge in [-0.1, -0.05) is 24.3 Å². The molecule has 0 saturated heterocycles. The molecular weight excluding hydrogens is 360 g/mol. The SMILES string of the molecule is N#C/C(=C\c1ccc(-c2ccc(C(=O)O)cc2)o1)C(=O)Nc1ccc([O-])cc1. The van der Waals surface area contributed by atoms with Gasteiger partial charge in [0.15, 0.2) is 0 Å². The summed E-state index contributed by atoms with van der Waals surface area (Å²) in [5, 5.41) is 31.8. The number of carboxylic acids is 1. The highest BCUT2D eigenvalue weighted by Crippen LogP contribution is 2.24. The summed E-state index contributed by atoms with van der Waals surface area (Å²) in [5.41, 5.74) is 1.03. The van der Waals surface area contributed by atoms with E-state index in [9.17, 15) is 20.0 Å². The molecule has 0 unspecified atom stereocenters. The summed E-state index contributed by atoms with van der Waals surface area (Å²) in [6.07, 6.45) is 1.30. The molecule has 2 aromatic carbocycles. The van der Waals surface area contributed by atoms with Gasteiger partial charge in [0.25, 0.3) is 5.91 Å². The smallest absolute Gasteiger partial charge is 0.335 e. The molecule has 0 bridgehead atoms. The van der Waals surface area contributed by atoms with Gasteiger partial charge in [0.05, 0.1) is 5.56 Å². The van der Waals surface area contributed by atoms with Gasteiger partial charge in [0.1, 0.15) is 23.2 Å². The van der Waals surface area contributed by atoms with E-state index in [1.165, 1.54) is 42.5 Å². The lowest BCUT2D eigenvalue weighted by molar-refractivity contribution is -0.268. The highest BCUT2D eigenvalue weighted by molar-refractivity contribution is 6.09. The van der Waals surface area contributed by atoms with Crippen LogP contribution < -0.4 is 10.4 Å². The number of amides is 1. The zero-order valence-electron chi connectivity index (χ0n) is 14.4. The van der Waals surface area contributed by atoms with Gasteiger partial charge in [-0.25, -0.2) is 4.79 Å². The minimum absolute atomic E-state index is 0.156. The van der Waals surface area contributed by atoms with Crippen molar-refractivity contribution in [3.63, 3.8) is 0 Å². The predicted molar refractivity (Wildman–Crippen MR) is 99.2 cm³/mol. The van der Waals surface area contributed by atoms with E-state index in [4.69, 9.17) is 9.52 Å². The maximum atomic E-state index is 12.2. The van der Waals surface area contributed by atoms with Crippen LogP contribution in [-0.4, -0.2) is 17.0 Å². The van der Waals surface area contributed by atoms with Crippen molar-refractivity contribution in [2.45, 2.75) is 0 Å². The summed E-state index contributed by atoms with van der Waals surface area (Å²) < 4.78 is 5.62. The zero-order chi connectivity index (χ0) is 20.1. The van der Waals surface area contributed by atoms with Crippen LogP contribution in [0.2, 0.25) is 0 Å². The molecule has 1 amide bonds. The van der Waals surface area contributed by atoms with Crippen molar-refractivity contribution < 1.29 is 24.2 Å². The summed E-state index contributed by atoms with van der Waals surface area (Å²) >= 11 is 0. The molecule has 0 spiro atoms. The normalized spacial score (nSPS) is 10.9. The molecule has 1 aromatic heterocycles. The molecule has 28 heavy (non-hydrogen) atoms. The second-order valence-electron chi connectivity index (χ2n) is 5.73. The van der Waals surface area contributed by atoms with E-state index in [0.29, 0.717) is 22.8 Å². The molecule has 7 heteroatoms. The van der Waals surface area contributed by atoms with Crippen molar-refractivity contribution in [2.75, 3.05) is 5.32 Å². The van der Waals surface area contributed by atoms with Crippen LogP contribution in [0.5, 0.6) is 5.75 Å². The number of hydrogen-bond donors (Lipinski definition) is 2. The highest BCUT2D eigenvalue weighted by atomic mass is 16.4. The van der Waals surface area contributed by atoms with Crippen molar-refractivity contribution >= 4 is 23.6 Å². The number of hydrogen-bond acceptors (Lipinski definition) is 5. The summed E-state index contributed by atoms with van der Waals surface area (Å²) in [5.74, 6) is -1.09. The Morgan fingerprint density at radius 2 is 1.71 bits per heavy atom. The number of carboxylic acid groups (broad SMARTS) is 1. The first-order valence-electron chi connectivity index (χ1n) is 8.10. The minimum Gasteiger partial charge on any atom is -0.872 e. The molecule has 0 fully saturated rings. The highest BCUT2D eigenvalue weighted by Gasteiger charge is 2.12. The van der Waals surface area contributed by atoms with E-state index in [0.717, 1.165) is 0 Å². The third kappa shape index (κ3) is 4.26. The van der Waals surface area contributed by atoms with Crippen LogP contribution in [0.4, 0.5) is 5.69 Å². The van der Waals surface area contributed by atoms with Gasteiger partial charge < -0.3 is 19.9 Å². The Balaban J connectivity index is 1.78. The number of benzene rings is 2. The van der Waals surface area contributed by atoms with Crippen molar-refractivity contribution in [3.8, 4) is 23.1 Å². The first-order chi connectivity index (χ1) is 13.5. The van der Waals surface area contributed by atoms with Crippen LogP contribution in [0.25, 0.3) is 17.4 Å². The number of carbonyl (C=O) groups excluding carboxylic acids is 1. The van der Waals surface area contributed by atoms with Gasteiger partial charge in [0, 0.05) is 17.3 Å². The third-order valence-corrected chi connectivity index (χ3v) is 3.81. The first-order valence-corrected chi connectivity index (χ1v) is 8.10. The summed E-state index contributed by atoms with van der Waals surface area (Å²) in [6.45, 7) is 0. The van der Waals surface area contributed by atoms with E-state index in [1.54, 1.807) is 24.3 Å². The Labute approximate surface area is 159 Å². The molecular formula is C21H13N2O5-. The molecule has 0 radical (unpaired) electrons. The lowest BCUT2D eigenvalue weighted by Crippen LogP contribution is -2.13. The van der Waals surface area contributed by atoms with Crippen molar-refractivity contribution in [1.82, 2.24) is 0 Å². The van der Waals surface area contributed by atoms with Crippen LogP contribution in [0.15, 0.2) is 70.7 Å². The quantitative estimate of drug-likeness (QED) is 0.522. The monoisotopic (exact) mass is 373 g/mol. The Hall–Kier alpha value is -4.31. The van der Waals surface area contributed by atoms with Gasteiger partial charge in [-0.2, -0.15) is 5.26 Å². The Morgan fingerprint density at radius 1 is 1.04 bits per heavy atom. The molecule has 0 saturated carbocycles. The van der Waals surface area contributed by atoms with E-state index in [2.05, 4.69) is 5.32 Å². The zero-order valence-corrected chi connectivity index (χ0v) is 14.4. The number of anilines is 1. The van der Waals surface area contributed by atoms with Crippen LogP contribution in [0.3, 0.4) is 0 Å². The van der Waals surface area contributed by atoms with Crippen molar-refractivity contribution in [3.05, 3.63) is 77.6 Å². The largest absolute Gasteiger partial charge is 0.872 e. The molecule has 138 valence electrons. The number of nitriles is 1. The van der Waals surface area contributed by atoms with Crippen molar-refractivity contribution in [1.29, 1.82) is 5.26 Å². The lowest BCUT2D eigenvalue weighted by atomic mass is 10.1. The van der Waals surface area contributed by atoms with Gasteiger partial charge in [0.2, 0.25) is 0 Å². The van der Waals surface area contributed by atoms with E-state index >= 15 is 0 Å².